The Hall–Kier alpha value is -2.86. The number of aliphatic hydroxyl groups is 1. The highest BCUT2D eigenvalue weighted by Gasteiger charge is 2.32. The fourth-order valence-corrected chi connectivity index (χ4v) is 5.80. The highest BCUT2D eigenvalue weighted by Crippen LogP contribution is 2.41. The standard InChI is InChI=1S/C34H49NO5/c1-21-17-27(18-22(2)30(21)24-13-15-26(16-14-24)34(6,7)8)40-29(19-33(3,4)5)23-9-11-25(12-10-23)31(37)35-20-28(36)32(38)39/h9,11-15,17-18,21,23,26,28-30,36H,10,16,19-20H2,1-8H3,(H,35,37)(H,38,39)/t21?,23?,26?,28-,29?,30?/m0/s1. The molecule has 6 heteroatoms. The Morgan fingerprint density at radius 1 is 1.07 bits per heavy atom. The Balaban J connectivity index is 1.68. The van der Waals surface area contributed by atoms with E-state index < -0.39 is 18.0 Å². The van der Waals surface area contributed by atoms with Gasteiger partial charge >= 0.3 is 5.97 Å². The first-order valence-corrected chi connectivity index (χ1v) is 14.6. The van der Waals surface area contributed by atoms with Crippen LogP contribution in [0.5, 0.6) is 0 Å². The Labute approximate surface area is 240 Å². The van der Waals surface area contributed by atoms with E-state index in [0.717, 1.165) is 18.6 Å². The molecule has 3 aliphatic rings. The zero-order valence-electron chi connectivity index (χ0n) is 25.5. The molecule has 5 unspecified atom stereocenters. The lowest BCUT2D eigenvalue weighted by molar-refractivity contribution is -0.146. The van der Waals surface area contributed by atoms with Gasteiger partial charge in [-0.2, -0.15) is 0 Å². The van der Waals surface area contributed by atoms with Crippen LogP contribution in [0.1, 0.15) is 74.7 Å². The molecule has 0 fully saturated rings. The van der Waals surface area contributed by atoms with E-state index in [1.165, 1.54) is 11.1 Å². The number of nitrogens with one attached hydrogen (secondary N) is 1. The average molecular weight is 552 g/mol. The lowest BCUT2D eigenvalue weighted by Crippen LogP contribution is -2.37. The minimum atomic E-state index is -1.62. The van der Waals surface area contributed by atoms with Crippen molar-refractivity contribution in [2.45, 2.75) is 86.9 Å². The van der Waals surface area contributed by atoms with Gasteiger partial charge in [-0.05, 0) is 66.6 Å². The second-order valence-electron chi connectivity index (χ2n) is 14.0. The predicted octanol–water partition coefficient (Wildman–Crippen LogP) is 6.52. The number of amides is 1. The quantitative estimate of drug-likeness (QED) is 0.303. The highest BCUT2D eigenvalue weighted by atomic mass is 16.5. The van der Waals surface area contributed by atoms with E-state index in [1.54, 1.807) is 6.08 Å². The summed E-state index contributed by atoms with van der Waals surface area (Å²) in [5, 5.41) is 20.7. The largest absolute Gasteiger partial charge is 0.490 e. The highest BCUT2D eigenvalue weighted by molar-refractivity contribution is 5.96. The van der Waals surface area contributed by atoms with Gasteiger partial charge in [-0.15, -0.1) is 0 Å². The van der Waals surface area contributed by atoms with Gasteiger partial charge in [0, 0.05) is 17.4 Å². The van der Waals surface area contributed by atoms with Gasteiger partial charge in [-0.25, -0.2) is 4.79 Å². The van der Waals surface area contributed by atoms with Crippen LogP contribution in [0, 0.1) is 34.5 Å². The smallest absolute Gasteiger partial charge is 0.334 e. The molecule has 3 rings (SSSR count). The van der Waals surface area contributed by atoms with Crippen molar-refractivity contribution in [3.05, 3.63) is 71.1 Å². The fourth-order valence-electron chi connectivity index (χ4n) is 5.80. The number of ether oxygens (including phenoxy) is 1. The molecule has 0 aliphatic heterocycles. The average Bonchev–Trinajstić information content (AvgIpc) is 2.85. The third kappa shape index (κ3) is 8.57. The molecule has 0 radical (unpaired) electrons. The van der Waals surface area contributed by atoms with Gasteiger partial charge in [0.05, 0.1) is 6.54 Å². The molecule has 0 aromatic heterocycles. The lowest BCUT2D eigenvalue weighted by Gasteiger charge is -2.36. The summed E-state index contributed by atoms with van der Waals surface area (Å²) in [6.45, 7) is 17.7. The number of aliphatic hydroxyl groups excluding tert-OH is 1. The van der Waals surface area contributed by atoms with Gasteiger partial charge in [0.15, 0.2) is 6.10 Å². The first-order valence-electron chi connectivity index (χ1n) is 14.6. The Bertz CT molecular complexity index is 1140. The molecule has 0 aromatic rings. The summed E-state index contributed by atoms with van der Waals surface area (Å²) in [6, 6.07) is 0. The summed E-state index contributed by atoms with van der Waals surface area (Å²) in [6.07, 6.45) is 18.1. The van der Waals surface area contributed by atoms with E-state index in [4.69, 9.17) is 9.84 Å². The molecule has 220 valence electrons. The van der Waals surface area contributed by atoms with Crippen LogP contribution in [0.15, 0.2) is 71.1 Å². The molecular weight excluding hydrogens is 502 g/mol. The van der Waals surface area contributed by atoms with Crippen LogP contribution in [0.2, 0.25) is 0 Å². The molecule has 0 bridgehead atoms. The molecule has 0 saturated heterocycles. The van der Waals surface area contributed by atoms with Crippen molar-refractivity contribution in [1.29, 1.82) is 0 Å². The van der Waals surface area contributed by atoms with Crippen molar-refractivity contribution < 1.29 is 24.5 Å². The van der Waals surface area contributed by atoms with Crippen molar-refractivity contribution in [2.24, 2.45) is 34.5 Å². The van der Waals surface area contributed by atoms with Gasteiger partial charge in [0.1, 0.15) is 11.9 Å². The molecule has 0 aromatic carbocycles. The van der Waals surface area contributed by atoms with Crippen molar-refractivity contribution in [3.63, 3.8) is 0 Å². The van der Waals surface area contributed by atoms with Crippen LogP contribution < -0.4 is 5.32 Å². The van der Waals surface area contributed by atoms with Crippen LogP contribution in [-0.4, -0.2) is 40.8 Å². The Kier molecular flexibility index (Phi) is 10.1. The number of carbonyl (C=O) groups is 2. The molecule has 6 atom stereocenters. The molecule has 0 saturated carbocycles. The van der Waals surface area contributed by atoms with Gasteiger partial charge in [-0.1, -0.05) is 90.5 Å². The van der Waals surface area contributed by atoms with Crippen LogP contribution in [-0.2, 0) is 14.3 Å². The van der Waals surface area contributed by atoms with Gasteiger partial charge < -0.3 is 20.3 Å². The number of hydrogen-bond acceptors (Lipinski definition) is 4. The van der Waals surface area contributed by atoms with E-state index in [1.807, 2.05) is 12.2 Å². The predicted molar refractivity (Wildman–Crippen MR) is 160 cm³/mol. The zero-order valence-corrected chi connectivity index (χ0v) is 25.5. The van der Waals surface area contributed by atoms with Crippen LogP contribution in [0.25, 0.3) is 0 Å². The van der Waals surface area contributed by atoms with Crippen LogP contribution >= 0.6 is 0 Å². The molecule has 0 spiro atoms. The van der Waals surface area contributed by atoms with Gasteiger partial charge in [0.2, 0.25) is 0 Å². The first kappa shape index (κ1) is 31.7. The third-order valence-electron chi connectivity index (χ3n) is 8.13. The molecular formula is C34H49NO5. The van der Waals surface area contributed by atoms with E-state index in [9.17, 15) is 14.7 Å². The van der Waals surface area contributed by atoms with Crippen molar-refractivity contribution in [1.82, 2.24) is 5.32 Å². The summed E-state index contributed by atoms with van der Waals surface area (Å²) in [7, 11) is 0. The fraction of sp³-hybridized carbons (Fsp3) is 0.588. The Morgan fingerprint density at radius 3 is 2.27 bits per heavy atom. The molecule has 1 amide bonds. The summed E-state index contributed by atoms with van der Waals surface area (Å²) in [5.41, 5.74) is 3.49. The third-order valence-corrected chi connectivity index (χ3v) is 8.13. The van der Waals surface area contributed by atoms with Crippen LogP contribution in [0.3, 0.4) is 0 Å². The topological polar surface area (TPSA) is 95.9 Å². The van der Waals surface area contributed by atoms with Gasteiger partial charge in [0.25, 0.3) is 5.91 Å². The number of carboxylic acid groups (broad SMARTS) is 1. The minimum absolute atomic E-state index is 0.0519. The van der Waals surface area contributed by atoms with E-state index in [-0.39, 0.29) is 29.4 Å². The monoisotopic (exact) mass is 551 g/mol. The van der Waals surface area contributed by atoms with Crippen LogP contribution in [0.4, 0.5) is 0 Å². The molecule has 3 aliphatic carbocycles. The molecule has 0 heterocycles. The SMILES string of the molecule is CC1=CC(OC(CC(C)(C)C)C2C=CC(C(=O)NC[C@H](O)C(=O)O)=CC2)=CC(C)C1C1=CCC(C(C)(C)C)C=C1. The maximum Gasteiger partial charge on any atom is 0.334 e. The maximum absolute atomic E-state index is 12.5. The minimum Gasteiger partial charge on any atom is -0.490 e. The van der Waals surface area contributed by atoms with Crippen molar-refractivity contribution in [2.75, 3.05) is 6.54 Å². The first-order chi connectivity index (χ1) is 18.5. The second-order valence-corrected chi connectivity index (χ2v) is 14.0. The zero-order chi connectivity index (χ0) is 29.8. The summed E-state index contributed by atoms with van der Waals surface area (Å²) in [5.74, 6) is 0.482. The van der Waals surface area contributed by atoms with E-state index in [0.29, 0.717) is 29.7 Å². The molecule has 6 nitrogen and oxygen atoms in total. The number of hydrogen-bond donors (Lipinski definition) is 3. The number of carboxylic acids is 1. The summed E-state index contributed by atoms with van der Waals surface area (Å²) < 4.78 is 6.71. The van der Waals surface area contributed by atoms with Gasteiger partial charge in [-0.3, -0.25) is 4.79 Å². The van der Waals surface area contributed by atoms with E-state index >= 15 is 0 Å². The number of carbonyl (C=O) groups excluding carboxylic acids is 1. The second kappa shape index (κ2) is 12.8. The lowest BCUT2D eigenvalue weighted by atomic mass is 9.72. The molecule has 40 heavy (non-hydrogen) atoms. The number of allylic oxidation sites excluding steroid dienone is 8. The van der Waals surface area contributed by atoms with Crippen molar-refractivity contribution >= 4 is 11.9 Å². The summed E-state index contributed by atoms with van der Waals surface area (Å²) in [4.78, 5) is 23.3. The molecule has 3 N–H and O–H groups in total. The summed E-state index contributed by atoms with van der Waals surface area (Å²) >= 11 is 0. The normalized spacial score (nSPS) is 26.6. The van der Waals surface area contributed by atoms with Crippen molar-refractivity contribution in [3.8, 4) is 0 Å². The number of rotatable bonds is 9. The van der Waals surface area contributed by atoms with E-state index in [2.05, 4.69) is 91.1 Å². The Morgan fingerprint density at radius 2 is 1.77 bits per heavy atom. The maximum atomic E-state index is 12.5. The number of aliphatic carboxylic acids is 1.